The normalized spacial score (nSPS) is 18.9. The number of nitrogens with zero attached hydrogens (tertiary/aromatic N) is 1. The van der Waals surface area contributed by atoms with Crippen molar-refractivity contribution in [2.45, 2.75) is 30.6 Å². The lowest BCUT2D eigenvalue weighted by molar-refractivity contribution is 0.0782. The summed E-state index contributed by atoms with van der Waals surface area (Å²) in [6.45, 7) is 4.64. The van der Waals surface area contributed by atoms with Crippen molar-refractivity contribution >= 4 is 28.7 Å². The fraction of sp³-hybridized carbons (Fsp3) is 0.526. The zero-order valence-electron chi connectivity index (χ0n) is 15.2. The molecule has 2 N–H and O–H groups in total. The van der Waals surface area contributed by atoms with Crippen molar-refractivity contribution < 1.29 is 9.15 Å². The minimum absolute atomic E-state index is 0.0403. The molecule has 2 heterocycles. The van der Waals surface area contributed by atoms with Crippen LogP contribution in [0.25, 0.3) is 11.0 Å². The molecule has 0 aliphatic carbocycles. The summed E-state index contributed by atoms with van der Waals surface area (Å²) in [6.07, 6.45) is 4.31. The molecule has 0 spiro atoms. The molecule has 1 aliphatic heterocycles. The first kappa shape index (κ1) is 18.1. The van der Waals surface area contributed by atoms with Crippen LogP contribution in [0.4, 0.5) is 0 Å². The molecule has 2 aromatic rings. The molecule has 1 saturated heterocycles. The average Bonchev–Trinajstić information content (AvgIpc) is 3.10. The summed E-state index contributed by atoms with van der Waals surface area (Å²) >= 11 is 1.92. The molecular weight excluding hydrogens is 334 g/mol. The second-order valence-electron chi connectivity index (χ2n) is 6.48. The van der Waals surface area contributed by atoms with Crippen molar-refractivity contribution in [3.05, 3.63) is 36.1 Å². The quantitative estimate of drug-likeness (QED) is 0.630. The molecule has 1 unspecified atom stereocenters. The maximum absolute atomic E-state index is 5.94. The number of ether oxygens (including phenoxy) is 1. The van der Waals surface area contributed by atoms with Gasteiger partial charge in [-0.3, -0.25) is 4.99 Å². The highest BCUT2D eigenvalue weighted by atomic mass is 32.2. The van der Waals surface area contributed by atoms with E-state index >= 15 is 0 Å². The van der Waals surface area contributed by atoms with Gasteiger partial charge in [0.05, 0.1) is 6.04 Å². The standard InChI is InChI=1S/C19H27N3O2S/c1-14(17-12-15-6-4-5-7-16(15)24-17)22-18(20-2)21-13-19(25-3)8-10-23-11-9-19/h4-7,12,14H,8-11,13H2,1-3H3,(H2,20,21,22). The average molecular weight is 362 g/mol. The minimum atomic E-state index is 0.0403. The van der Waals surface area contributed by atoms with Crippen LogP contribution in [0, 0.1) is 0 Å². The molecule has 0 amide bonds. The van der Waals surface area contributed by atoms with E-state index in [2.05, 4.69) is 40.9 Å². The van der Waals surface area contributed by atoms with Crippen molar-refractivity contribution in [2.24, 2.45) is 4.99 Å². The largest absolute Gasteiger partial charge is 0.459 e. The zero-order chi connectivity index (χ0) is 17.7. The number of benzene rings is 1. The molecule has 5 nitrogen and oxygen atoms in total. The van der Waals surface area contributed by atoms with Gasteiger partial charge in [-0.15, -0.1) is 0 Å². The molecule has 1 atom stereocenters. The number of fused-ring (bicyclic) bond motifs is 1. The maximum Gasteiger partial charge on any atom is 0.191 e. The topological polar surface area (TPSA) is 58.8 Å². The van der Waals surface area contributed by atoms with Gasteiger partial charge >= 0.3 is 0 Å². The number of nitrogens with one attached hydrogen (secondary N) is 2. The Hall–Kier alpha value is -1.66. The smallest absolute Gasteiger partial charge is 0.191 e. The van der Waals surface area contributed by atoms with Crippen LogP contribution in [0.3, 0.4) is 0 Å². The van der Waals surface area contributed by atoms with Crippen LogP contribution < -0.4 is 10.6 Å². The van der Waals surface area contributed by atoms with Gasteiger partial charge in [0.15, 0.2) is 5.96 Å². The van der Waals surface area contributed by atoms with Crippen LogP contribution in [0.5, 0.6) is 0 Å². The maximum atomic E-state index is 5.94. The molecule has 1 fully saturated rings. The van der Waals surface area contributed by atoms with Gasteiger partial charge in [-0.25, -0.2) is 0 Å². The Kier molecular flexibility index (Phi) is 5.91. The number of hydrogen-bond donors (Lipinski definition) is 2. The number of hydrogen-bond acceptors (Lipinski definition) is 4. The number of furan rings is 1. The van der Waals surface area contributed by atoms with Gasteiger partial charge < -0.3 is 19.8 Å². The predicted molar refractivity (Wildman–Crippen MR) is 105 cm³/mol. The lowest BCUT2D eigenvalue weighted by atomic mass is 9.99. The van der Waals surface area contributed by atoms with Crippen LogP contribution in [-0.2, 0) is 4.74 Å². The Balaban J connectivity index is 1.61. The van der Waals surface area contributed by atoms with Crippen LogP contribution in [-0.4, -0.2) is 43.8 Å². The van der Waals surface area contributed by atoms with Crippen molar-refractivity contribution in [3.63, 3.8) is 0 Å². The van der Waals surface area contributed by atoms with E-state index in [4.69, 9.17) is 9.15 Å². The molecule has 0 radical (unpaired) electrons. The monoisotopic (exact) mass is 361 g/mol. The Morgan fingerprint density at radius 3 is 2.76 bits per heavy atom. The number of para-hydroxylation sites is 1. The highest BCUT2D eigenvalue weighted by Crippen LogP contribution is 2.33. The van der Waals surface area contributed by atoms with E-state index in [-0.39, 0.29) is 10.8 Å². The molecule has 3 rings (SSSR count). The summed E-state index contributed by atoms with van der Waals surface area (Å²) in [7, 11) is 1.80. The summed E-state index contributed by atoms with van der Waals surface area (Å²) in [4.78, 5) is 4.37. The molecule has 0 saturated carbocycles. The van der Waals surface area contributed by atoms with Gasteiger partial charge in [0.1, 0.15) is 11.3 Å². The number of thioether (sulfide) groups is 1. The van der Waals surface area contributed by atoms with Crippen LogP contribution >= 0.6 is 11.8 Å². The lowest BCUT2D eigenvalue weighted by Gasteiger charge is -2.36. The second-order valence-corrected chi connectivity index (χ2v) is 7.75. The fourth-order valence-corrected chi connectivity index (χ4v) is 3.92. The van der Waals surface area contributed by atoms with E-state index in [1.54, 1.807) is 7.05 Å². The summed E-state index contributed by atoms with van der Waals surface area (Å²) < 4.78 is 11.7. The van der Waals surface area contributed by atoms with Gasteiger partial charge in [0.25, 0.3) is 0 Å². The second kappa shape index (κ2) is 8.15. The van der Waals surface area contributed by atoms with Crippen LogP contribution in [0.15, 0.2) is 39.7 Å². The third-order valence-corrected chi connectivity index (χ3v) is 6.28. The number of guanidine groups is 1. The molecule has 1 aliphatic rings. The first-order valence-corrected chi connectivity index (χ1v) is 9.97. The first-order chi connectivity index (χ1) is 12.2. The third-order valence-electron chi connectivity index (χ3n) is 4.86. The van der Waals surface area contributed by atoms with Gasteiger partial charge in [0.2, 0.25) is 0 Å². The van der Waals surface area contributed by atoms with Gasteiger partial charge in [-0.2, -0.15) is 11.8 Å². The van der Waals surface area contributed by atoms with Crippen molar-refractivity contribution in [3.8, 4) is 0 Å². The first-order valence-electron chi connectivity index (χ1n) is 8.74. The van der Waals surface area contributed by atoms with Gasteiger partial charge in [-0.1, -0.05) is 18.2 Å². The van der Waals surface area contributed by atoms with Crippen molar-refractivity contribution in [2.75, 3.05) is 33.1 Å². The third kappa shape index (κ3) is 4.30. The van der Waals surface area contributed by atoms with Crippen LogP contribution in [0.2, 0.25) is 0 Å². The molecule has 136 valence electrons. The highest BCUT2D eigenvalue weighted by Gasteiger charge is 2.32. The highest BCUT2D eigenvalue weighted by molar-refractivity contribution is 8.00. The van der Waals surface area contributed by atoms with E-state index in [0.717, 1.165) is 55.3 Å². The van der Waals surface area contributed by atoms with Crippen molar-refractivity contribution in [1.82, 2.24) is 10.6 Å². The SMILES string of the molecule is CN=C(NCC1(SC)CCOCC1)NC(C)c1cc2ccccc2o1. The molecule has 6 heteroatoms. The lowest BCUT2D eigenvalue weighted by Crippen LogP contribution is -2.48. The molecule has 25 heavy (non-hydrogen) atoms. The minimum Gasteiger partial charge on any atom is -0.459 e. The van der Waals surface area contributed by atoms with E-state index in [1.807, 2.05) is 30.0 Å². The van der Waals surface area contributed by atoms with Gasteiger partial charge in [-0.05, 0) is 38.2 Å². The Morgan fingerprint density at radius 2 is 2.08 bits per heavy atom. The Bertz CT molecular complexity index is 689. The van der Waals surface area contributed by atoms with Crippen LogP contribution in [0.1, 0.15) is 31.6 Å². The van der Waals surface area contributed by atoms with E-state index < -0.39 is 0 Å². The van der Waals surface area contributed by atoms with Gasteiger partial charge in [0, 0.05) is 36.9 Å². The molecular formula is C19H27N3O2S. The summed E-state index contributed by atoms with van der Waals surface area (Å²) in [5.74, 6) is 1.71. The molecule has 1 aromatic heterocycles. The Morgan fingerprint density at radius 1 is 1.32 bits per heavy atom. The Labute approximate surface area is 153 Å². The van der Waals surface area contributed by atoms with Crippen molar-refractivity contribution in [1.29, 1.82) is 0 Å². The molecule has 1 aromatic carbocycles. The fourth-order valence-electron chi connectivity index (χ4n) is 3.13. The number of aliphatic imine (C=N–C) groups is 1. The number of rotatable bonds is 5. The summed E-state index contributed by atoms with van der Waals surface area (Å²) in [6, 6.07) is 10.2. The molecule has 0 bridgehead atoms. The summed E-state index contributed by atoms with van der Waals surface area (Å²) in [5.41, 5.74) is 0.914. The van der Waals surface area contributed by atoms with E-state index in [1.165, 1.54) is 0 Å². The summed E-state index contributed by atoms with van der Waals surface area (Å²) in [5, 5.41) is 8.04. The van der Waals surface area contributed by atoms with E-state index in [9.17, 15) is 0 Å². The predicted octanol–water partition coefficient (Wildman–Crippen LogP) is 3.57. The zero-order valence-corrected chi connectivity index (χ0v) is 16.0. The van der Waals surface area contributed by atoms with E-state index in [0.29, 0.717) is 0 Å².